The Balaban J connectivity index is 0.00000300. The number of piperazine rings is 1. The summed E-state index contributed by atoms with van der Waals surface area (Å²) in [6, 6.07) is 16.2. The average Bonchev–Trinajstić information content (AvgIpc) is 2.72. The number of nitrogens with zero attached hydrogens (tertiary/aromatic N) is 2. The number of sulfonamides is 1. The second-order valence-electron chi connectivity index (χ2n) is 6.82. The molecule has 0 spiro atoms. The summed E-state index contributed by atoms with van der Waals surface area (Å²) >= 11 is 0. The molecule has 8 heteroatoms. The first-order valence-electron chi connectivity index (χ1n) is 9.58. The van der Waals surface area contributed by atoms with Gasteiger partial charge in [0.05, 0.1) is 17.5 Å². The van der Waals surface area contributed by atoms with Gasteiger partial charge in [-0.3, -0.25) is 0 Å². The molecule has 1 unspecified atom stereocenters. The molecule has 1 atom stereocenters. The predicted molar refractivity (Wildman–Crippen MR) is 116 cm³/mol. The van der Waals surface area contributed by atoms with Crippen LogP contribution >= 0.6 is 12.4 Å². The number of hydrogen-bond donors (Lipinski definition) is 0. The summed E-state index contributed by atoms with van der Waals surface area (Å²) in [5.74, 6) is 0.636. The summed E-state index contributed by atoms with van der Waals surface area (Å²) in [5.41, 5.74) is 1.01. The van der Waals surface area contributed by atoms with Crippen molar-refractivity contribution in [3.8, 4) is 5.75 Å². The van der Waals surface area contributed by atoms with Crippen molar-refractivity contribution in [2.24, 2.45) is 0 Å². The van der Waals surface area contributed by atoms with Crippen LogP contribution in [0.4, 0.5) is 0 Å². The molecule has 2 aromatic carbocycles. The first-order chi connectivity index (χ1) is 13.5. The van der Waals surface area contributed by atoms with E-state index in [1.54, 1.807) is 28.6 Å². The molecule has 0 amide bonds. The molecule has 0 aliphatic carbocycles. The Morgan fingerprint density at radius 1 is 1.00 bits per heavy atom. The normalized spacial score (nSPS) is 18.2. The third kappa shape index (κ3) is 5.93. The van der Waals surface area contributed by atoms with Crippen LogP contribution in [0.25, 0.3) is 0 Å². The van der Waals surface area contributed by atoms with Crippen molar-refractivity contribution in [3.63, 3.8) is 0 Å². The van der Waals surface area contributed by atoms with Crippen molar-refractivity contribution in [3.05, 3.63) is 60.2 Å². The smallest absolute Gasteiger partial charge is 0.243 e. The van der Waals surface area contributed by atoms with Gasteiger partial charge in [0, 0.05) is 26.2 Å². The van der Waals surface area contributed by atoms with Gasteiger partial charge >= 0.3 is 0 Å². The maximum atomic E-state index is 13.3. The molecule has 0 saturated carbocycles. The number of benzene rings is 2. The van der Waals surface area contributed by atoms with Gasteiger partial charge in [0.1, 0.15) is 12.4 Å². The summed E-state index contributed by atoms with van der Waals surface area (Å²) in [6.45, 7) is 5.37. The van der Waals surface area contributed by atoms with E-state index in [0.717, 1.165) is 5.56 Å². The van der Waals surface area contributed by atoms with Gasteiger partial charge in [-0.1, -0.05) is 30.3 Å². The average molecular weight is 441 g/mol. The lowest BCUT2D eigenvalue weighted by molar-refractivity contribution is 0.110. The van der Waals surface area contributed by atoms with Crippen molar-refractivity contribution < 1.29 is 17.9 Å². The van der Waals surface area contributed by atoms with E-state index in [0.29, 0.717) is 45.2 Å². The zero-order valence-electron chi connectivity index (χ0n) is 16.9. The molecule has 0 bridgehead atoms. The highest BCUT2D eigenvalue weighted by molar-refractivity contribution is 7.89. The monoisotopic (exact) mass is 440 g/mol. The maximum Gasteiger partial charge on any atom is 0.243 e. The Hall–Kier alpha value is -1.64. The summed E-state index contributed by atoms with van der Waals surface area (Å²) in [7, 11) is -1.58. The van der Waals surface area contributed by atoms with Crippen LogP contribution in [0.3, 0.4) is 0 Å². The minimum Gasteiger partial charge on any atom is -0.491 e. The molecule has 1 aliphatic heterocycles. The summed E-state index contributed by atoms with van der Waals surface area (Å²) in [6.07, 6.45) is 0. The van der Waals surface area contributed by atoms with Crippen LogP contribution in [-0.4, -0.2) is 64.1 Å². The van der Waals surface area contributed by atoms with Crippen molar-refractivity contribution in [2.45, 2.75) is 17.9 Å². The maximum absolute atomic E-state index is 13.3. The molecule has 1 saturated heterocycles. The molecule has 1 heterocycles. The van der Waals surface area contributed by atoms with E-state index >= 15 is 0 Å². The number of hydrogen-bond acceptors (Lipinski definition) is 5. The van der Waals surface area contributed by atoms with Gasteiger partial charge in [-0.25, -0.2) is 8.42 Å². The lowest BCUT2D eigenvalue weighted by Crippen LogP contribution is -2.49. The summed E-state index contributed by atoms with van der Waals surface area (Å²) in [5, 5.41) is 0. The molecule has 29 heavy (non-hydrogen) atoms. The van der Waals surface area contributed by atoms with Crippen LogP contribution in [-0.2, 0) is 14.8 Å². The Kier molecular flexibility index (Phi) is 8.92. The third-order valence-corrected chi connectivity index (χ3v) is 6.77. The van der Waals surface area contributed by atoms with Gasteiger partial charge in [-0.05, 0) is 43.8 Å². The largest absolute Gasteiger partial charge is 0.491 e. The molecule has 0 radical (unpaired) electrons. The van der Waals surface area contributed by atoms with Gasteiger partial charge in [-0.2, -0.15) is 4.31 Å². The Labute approximate surface area is 179 Å². The standard InChI is InChI=1S/C21H28N2O4S.ClH/c1-3-26-15-16-27-19-9-11-20(12-10-19)28(24,25)23-14-13-22(2)17-21(23)18-7-5-4-6-8-18;/h4-12,21H,3,13-17H2,1-2H3;1H. The fourth-order valence-electron chi connectivity index (χ4n) is 3.34. The molecule has 2 aromatic rings. The lowest BCUT2D eigenvalue weighted by Gasteiger charge is -2.39. The Bertz CT molecular complexity index is 847. The van der Waals surface area contributed by atoms with Crippen LogP contribution in [0.2, 0.25) is 0 Å². The van der Waals surface area contributed by atoms with Gasteiger partial charge in [0.2, 0.25) is 10.0 Å². The van der Waals surface area contributed by atoms with Gasteiger partial charge < -0.3 is 14.4 Å². The molecular formula is C21H29ClN2O4S. The summed E-state index contributed by atoms with van der Waals surface area (Å²) < 4.78 is 39.1. The minimum atomic E-state index is -3.60. The first kappa shape index (κ1) is 23.6. The molecule has 160 valence electrons. The van der Waals surface area contributed by atoms with Crippen molar-refractivity contribution in [1.82, 2.24) is 9.21 Å². The lowest BCUT2D eigenvalue weighted by atomic mass is 10.1. The van der Waals surface area contributed by atoms with Gasteiger partial charge in [0.25, 0.3) is 0 Å². The Morgan fingerprint density at radius 3 is 2.34 bits per heavy atom. The van der Waals surface area contributed by atoms with Crippen LogP contribution in [0.1, 0.15) is 18.5 Å². The highest BCUT2D eigenvalue weighted by Crippen LogP contribution is 2.31. The molecule has 3 rings (SSSR count). The van der Waals surface area contributed by atoms with E-state index in [4.69, 9.17) is 9.47 Å². The molecule has 6 nitrogen and oxygen atoms in total. The van der Waals surface area contributed by atoms with E-state index in [2.05, 4.69) is 4.90 Å². The van der Waals surface area contributed by atoms with Crippen molar-refractivity contribution in [2.75, 3.05) is 46.5 Å². The van der Waals surface area contributed by atoms with Crippen molar-refractivity contribution >= 4 is 22.4 Å². The quantitative estimate of drug-likeness (QED) is 0.590. The number of ether oxygens (including phenoxy) is 2. The minimum absolute atomic E-state index is 0. The van der Waals surface area contributed by atoms with Crippen LogP contribution in [0.5, 0.6) is 5.75 Å². The fourth-order valence-corrected chi connectivity index (χ4v) is 4.94. The molecular weight excluding hydrogens is 412 g/mol. The molecule has 1 fully saturated rings. The number of rotatable bonds is 8. The van der Waals surface area contributed by atoms with E-state index in [9.17, 15) is 8.42 Å². The van der Waals surface area contributed by atoms with Crippen LogP contribution in [0, 0.1) is 0 Å². The van der Waals surface area contributed by atoms with E-state index in [1.165, 1.54) is 0 Å². The fraction of sp³-hybridized carbons (Fsp3) is 0.429. The topological polar surface area (TPSA) is 59.1 Å². The zero-order valence-corrected chi connectivity index (χ0v) is 18.5. The third-order valence-electron chi connectivity index (χ3n) is 4.85. The highest BCUT2D eigenvalue weighted by atomic mass is 35.5. The first-order valence-corrected chi connectivity index (χ1v) is 11.0. The van der Waals surface area contributed by atoms with Crippen LogP contribution in [0.15, 0.2) is 59.5 Å². The van der Waals surface area contributed by atoms with Crippen molar-refractivity contribution in [1.29, 1.82) is 0 Å². The number of likely N-dealkylation sites (N-methyl/N-ethyl adjacent to an activating group) is 1. The molecule has 0 aromatic heterocycles. The van der Waals surface area contributed by atoms with E-state index < -0.39 is 10.0 Å². The Morgan fingerprint density at radius 2 is 1.69 bits per heavy atom. The predicted octanol–water partition coefficient (Wildman–Crippen LogP) is 3.20. The SMILES string of the molecule is CCOCCOc1ccc(S(=O)(=O)N2CCN(C)CC2c2ccccc2)cc1.Cl. The summed E-state index contributed by atoms with van der Waals surface area (Å²) in [4.78, 5) is 2.45. The zero-order chi connectivity index (χ0) is 20.0. The second-order valence-corrected chi connectivity index (χ2v) is 8.71. The van der Waals surface area contributed by atoms with E-state index in [-0.39, 0.29) is 23.3 Å². The van der Waals surface area contributed by atoms with Crippen LogP contribution < -0.4 is 4.74 Å². The molecule has 1 aliphatic rings. The second kappa shape index (κ2) is 10.9. The van der Waals surface area contributed by atoms with Gasteiger partial charge in [0.15, 0.2) is 0 Å². The highest BCUT2D eigenvalue weighted by Gasteiger charge is 2.36. The van der Waals surface area contributed by atoms with E-state index in [1.807, 2.05) is 44.3 Å². The molecule has 0 N–H and O–H groups in total. The number of halogens is 1. The van der Waals surface area contributed by atoms with Gasteiger partial charge in [-0.15, -0.1) is 12.4 Å².